The number of carbonyl (C=O) groups is 1. The Morgan fingerprint density at radius 2 is 2.36 bits per heavy atom. The Hall–Kier alpha value is -1.95. The molecule has 0 saturated heterocycles. The van der Waals surface area contributed by atoms with Crippen molar-refractivity contribution in [1.29, 1.82) is 0 Å². The van der Waals surface area contributed by atoms with E-state index in [1.165, 1.54) is 0 Å². The quantitative estimate of drug-likeness (QED) is 0.615. The van der Waals surface area contributed by atoms with Crippen LogP contribution >= 0.6 is 0 Å². The number of hydrogen-bond donors (Lipinski definition) is 3. The molecule has 0 spiro atoms. The molecule has 72 valence electrons. The standard InChI is InChI=1S/C8H9N5O/c9-4-7(14)10-5-2-1-3-6-8(5)12-13-11-6/h1-3H,4,9H2,(H,10,14)(H,11,12,13). The number of nitrogens with zero attached hydrogens (tertiary/aromatic N) is 2. The first kappa shape index (κ1) is 8.64. The number of nitrogens with one attached hydrogen (secondary N) is 2. The van der Waals surface area contributed by atoms with Gasteiger partial charge in [-0.05, 0) is 12.1 Å². The maximum Gasteiger partial charge on any atom is 0.238 e. The van der Waals surface area contributed by atoms with Crippen LogP contribution in [-0.4, -0.2) is 27.9 Å². The number of hydrogen-bond acceptors (Lipinski definition) is 4. The summed E-state index contributed by atoms with van der Waals surface area (Å²) in [6.07, 6.45) is 0. The molecule has 0 bridgehead atoms. The van der Waals surface area contributed by atoms with Gasteiger partial charge in [0.2, 0.25) is 5.91 Å². The molecule has 14 heavy (non-hydrogen) atoms. The lowest BCUT2D eigenvalue weighted by molar-refractivity contribution is -0.114. The first-order valence-corrected chi connectivity index (χ1v) is 4.10. The molecule has 0 atom stereocenters. The van der Waals surface area contributed by atoms with Crippen LogP contribution in [0, 0.1) is 0 Å². The molecule has 1 aromatic carbocycles. The summed E-state index contributed by atoms with van der Waals surface area (Å²) in [6.45, 7) is -0.0474. The highest BCUT2D eigenvalue weighted by molar-refractivity contribution is 5.99. The fraction of sp³-hybridized carbons (Fsp3) is 0.125. The Bertz CT molecular complexity index is 463. The number of anilines is 1. The molecule has 0 fully saturated rings. The van der Waals surface area contributed by atoms with Gasteiger partial charge in [0.1, 0.15) is 11.0 Å². The highest BCUT2D eigenvalue weighted by Gasteiger charge is 2.06. The van der Waals surface area contributed by atoms with Crippen LogP contribution in [0.3, 0.4) is 0 Å². The van der Waals surface area contributed by atoms with E-state index >= 15 is 0 Å². The SMILES string of the molecule is NCC(=O)Nc1cccc2n[nH]nc12. The van der Waals surface area contributed by atoms with Crippen molar-refractivity contribution in [1.82, 2.24) is 15.4 Å². The summed E-state index contributed by atoms with van der Waals surface area (Å²) >= 11 is 0. The number of fused-ring (bicyclic) bond motifs is 1. The third-order valence-corrected chi connectivity index (χ3v) is 1.81. The lowest BCUT2D eigenvalue weighted by Crippen LogP contribution is -2.21. The number of amides is 1. The highest BCUT2D eigenvalue weighted by Crippen LogP contribution is 2.18. The smallest absolute Gasteiger partial charge is 0.238 e. The van der Waals surface area contributed by atoms with Crippen molar-refractivity contribution in [3.63, 3.8) is 0 Å². The van der Waals surface area contributed by atoms with Crippen molar-refractivity contribution in [2.24, 2.45) is 5.73 Å². The van der Waals surface area contributed by atoms with Crippen molar-refractivity contribution in [3.8, 4) is 0 Å². The number of para-hydroxylation sites is 1. The van der Waals surface area contributed by atoms with Crippen LogP contribution in [0.15, 0.2) is 18.2 Å². The van der Waals surface area contributed by atoms with Gasteiger partial charge in [0.25, 0.3) is 0 Å². The van der Waals surface area contributed by atoms with Gasteiger partial charge in [0.05, 0.1) is 12.2 Å². The predicted octanol–water partition coefficient (Wildman–Crippen LogP) is -0.145. The second kappa shape index (κ2) is 3.43. The Balaban J connectivity index is 2.41. The molecular weight excluding hydrogens is 182 g/mol. The fourth-order valence-electron chi connectivity index (χ4n) is 1.17. The molecule has 6 nitrogen and oxygen atoms in total. The van der Waals surface area contributed by atoms with Crippen molar-refractivity contribution >= 4 is 22.6 Å². The van der Waals surface area contributed by atoms with Crippen molar-refractivity contribution in [3.05, 3.63) is 18.2 Å². The van der Waals surface area contributed by atoms with E-state index in [0.29, 0.717) is 16.7 Å². The molecule has 0 aliphatic carbocycles. The molecule has 4 N–H and O–H groups in total. The van der Waals surface area contributed by atoms with Crippen LogP contribution in [0.1, 0.15) is 0 Å². The van der Waals surface area contributed by atoms with Crippen LogP contribution in [0.2, 0.25) is 0 Å². The predicted molar refractivity (Wildman–Crippen MR) is 51.6 cm³/mol. The highest BCUT2D eigenvalue weighted by atomic mass is 16.1. The number of rotatable bonds is 2. The minimum absolute atomic E-state index is 0.0474. The molecule has 0 radical (unpaired) electrons. The Labute approximate surface area is 79.5 Å². The van der Waals surface area contributed by atoms with Gasteiger partial charge < -0.3 is 11.1 Å². The fourth-order valence-corrected chi connectivity index (χ4v) is 1.17. The molecule has 1 amide bonds. The molecule has 1 heterocycles. The van der Waals surface area contributed by atoms with Crippen molar-refractivity contribution in [2.45, 2.75) is 0 Å². The number of benzene rings is 1. The molecule has 0 aliphatic rings. The van der Waals surface area contributed by atoms with Crippen LogP contribution in [0.5, 0.6) is 0 Å². The lowest BCUT2D eigenvalue weighted by atomic mass is 10.2. The number of aromatic nitrogens is 3. The van der Waals surface area contributed by atoms with Crippen LogP contribution in [0.4, 0.5) is 5.69 Å². The molecule has 2 aromatic rings. The average Bonchev–Trinajstić information content (AvgIpc) is 2.66. The summed E-state index contributed by atoms with van der Waals surface area (Å²) in [7, 11) is 0. The second-order valence-corrected chi connectivity index (χ2v) is 2.75. The summed E-state index contributed by atoms with van der Waals surface area (Å²) in [6, 6.07) is 5.34. The Kier molecular flexibility index (Phi) is 2.11. The molecule has 0 saturated carbocycles. The zero-order valence-electron chi connectivity index (χ0n) is 7.32. The minimum atomic E-state index is -0.250. The van der Waals surface area contributed by atoms with Gasteiger partial charge in [0, 0.05) is 0 Å². The molecule has 1 aromatic heterocycles. The van der Waals surface area contributed by atoms with Crippen LogP contribution < -0.4 is 11.1 Å². The van der Waals surface area contributed by atoms with E-state index in [-0.39, 0.29) is 12.5 Å². The Morgan fingerprint density at radius 3 is 3.14 bits per heavy atom. The van der Waals surface area contributed by atoms with Gasteiger partial charge in [0.15, 0.2) is 0 Å². The number of H-pyrrole nitrogens is 1. The van der Waals surface area contributed by atoms with Gasteiger partial charge in [-0.1, -0.05) is 6.07 Å². The Morgan fingerprint density at radius 1 is 1.50 bits per heavy atom. The lowest BCUT2D eigenvalue weighted by Gasteiger charge is -2.02. The minimum Gasteiger partial charge on any atom is -0.323 e. The average molecular weight is 191 g/mol. The normalized spacial score (nSPS) is 10.4. The van der Waals surface area contributed by atoms with E-state index in [2.05, 4.69) is 20.7 Å². The summed E-state index contributed by atoms with van der Waals surface area (Å²) < 4.78 is 0. The summed E-state index contributed by atoms with van der Waals surface area (Å²) in [5.74, 6) is -0.250. The van der Waals surface area contributed by atoms with Gasteiger partial charge in [-0.3, -0.25) is 4.79 Å². The monoisotopic (exact) mass is 191 g/mol. The second-order valence-electron chi connectivity index (χ2n) is 2.75. The molecule has 6 heteroatoms. The van der Waals surface area contributed by atoms with Gasteiger partial charge in [-0.25, -0.2) is 0 Å². The molecule has 0 aliphatic heterocycles. The van der Waals surface area contributed by atoms with Crippen LogP contribution in [-0.2, 0) is 4.79 Å². The van der Waals surface area contributed by atoms with E-state index in [4.69, 9.17) is 5.73 Å². The van der Waals surface area contributed by atoms with E-state index in [9.17, 15) is 4.79 Å². The summed E-state index contributed by atoms with van der Waals surface area (Å²) in [4.78, 5) is 11.1. The van der Waals surface area contributed by atoms with Gasteiger partial charge >= 0.3 is 0 Å². The van der Waals surface area contributed by atoms with E-state index in [1.807, 2.05) is 0 Å². The molecule has 2 rings (SSSR count). The largest absolute Gasteiger partial charge is 0.323 e. The number of nitrogens with two attached hydrogens (primary N) is 1. The van der Waals surface area contributed by atoms with Crippen molar-refractivity contribution < 1.29 is 4.79 Å². The molecule has 0 unspecified atom stereocenters. The number of carbonyl (C=O) groups excluding carboxylic acids is 1. The van der Waals surface area contributed by atoms with Gasteiger partial charge in [-0.2, -0.15) is 15.4 Å². The van der Waals surface area contributed by atoms with Crippen LogP contribution in [0.25, 0.3) is 11.0 Å². The number of aromatic amines is 1. The maximum absolute atomic E-state index is 11.1. The first-order chi connectivity index (χ1) is 6.81. The van der Waals surface area contributed by atoms with E-state index < -0.39 is 0 Å². The van der Waals surface area contributed by atoms with E-state index in [1.54, 1.807) is 18.2 Å². The summed E-state index contributed by atoms with van der Waals surface area (Å²) in [5.41, 5.74) is 7.14. The maximum atomic E-state index is 11.1. The third kappa shape index (κ3) is 1.42. The first-order valence-electron chi connectivity index (χ1n) is 4.10. The zero-order valence-corrected chi connectivity index (χ0v) is 7.32. The van der Waals surface area contributed by atoms with E-state index in [0.717, 1.165) is 0 Å². The third-order valence-electron chi connectivity index (χ3n) is 1.81. The molecular formula is C8H9N5O. The topological polar surface area (TPSA) is 96.7 Å². The summed E-state index contributed by atoms with van der Waals surface area (Å²) in [5, 5.41) is 12.9. The van der Waals surface area contributed by atoms with Crippen molar-refractivity contribution in [2.75, 3.05) is 11.9 Å². The zero-order chi connectivity index (χ0) is 9.97. The van der Waals surface area contributed by atoms with Gasteiger partial charge in [-0.15, -0.1) is 0 Å².